The summed E-state index contributed by atoms with van der Waals surface area (Å²) in [4.78, 5) is 8.78. The Labute approximate surface area is 97.7 Å². The minimum atomic E-state index is -2.63. The standard InChI is InChI=1S/C10H9NO3PS/c1-11-6-7-16-10(11)8-4-2-3-5-9(8)14-15(12)13/h2-7H,1H3/q+1/p+1. The van der Waals surface area contributed by atoms with E-state index in [4.69, 9.17) is 9.42 Å². The Bertz CT molecular complexity index is 526. The Morgan fingerprint density at radius 2 is 2.19 bits per heavy atom. The first-order valence-corrected chi connectivity index (χ1v) is 6.56. The molecular weight excluding hydrogens is 245 g/mol. The van der Waals surface area contributed by atoms with Crippen LogP contribution in [0, 0.1) is 0 Å². The van der Waals surface area contributed by atoms with Crippen LogP contribution in [0.4, 0.5) is 0 Å². The van der Waals surface area contributed by atoms with E-state index in [1.807, 2.05) is 35.3 Å². The van der Waals surface area contributed by atoms with Gasteiger partial charge in [-0.1, -0.05) is 23.5 Å². The second-order valence-electron chi connectivity index (χ2n) is 3.14. The topological polar surface area (TPSA) is 50.4 Å². The molecule has 0 radical (unpaired) electrons. The number of benzene rings is 1. The molecule has 1 heterocycles. The van der Waals surface area contributed by atoms with Crippen LogP contribution in [-0.4, -0.2) is 4.89 Å². The third-order valence-corrected chi connectivity index (χ3v) is 3.42. The Morgan fingerprint density at radius 1 is 1.44 bits per heavy atom. The van der Waals surface area contributed by atoms with Gasteiger partial charge in [0.25, 0.3) is 5.01 Å². The van der Waals surface area contributed by atoms with Crippen molar-refractivity contribution < 1.29 is 18.5 Å². The molecule has 0 aliphatic heterocycles. The molecule has 0 aliphatic rings. The van der Waals surface area contributed by atoms with Gasteiger partial charge in [0.05, 0.1) is 5.38 Å². The molecule has 0 spiro atoms. The second-order valence-corrected chi connectivity index (χ2v) is 4.70. The summed E-state index contributed by atoms with van der Waals surface area (Å²) in [6, 6.07) is 7.18. The smallest absolute Gasteiger partial charge is 0.228 e. The lowest BCUT2D eigenvalue weighted by molar-refractivity contribution is -0.655. The summed E-state index contributed by atoms with van der Waals surface area (Å²) < 4.78 is 17.5. The summed E-state index contributed by atoms with van der Waals surface area (Å²) in [6.45, 7) is 0. The van der Waals surface area contributed by atoms with E-state index >= 15 is 0 Å². The van der Waals surface area contributed by atoms with Gasteiger partial charge in [0.1, 0.15) is 12.6 Å². The molecule has 0 bridgehead atoms. The molecule has 1 unspecified atom stereocenters. The van der Waals surface area contributed by atoms with Crippen LogP contribution in [0.5, 0.6) is 5.75 Å². The van der Waals surface area contributed by atoms with Gasteiger partial charge in [-0.3, -0.25) is 0 Å². The van der Waals surface area contributed by atoms with Crippen LogP contribution in [0.25, 0.3) is 10.6 Å². The van der Waals surface area contributed by atoms with Gasteiger partial charge in [-0.25, -0.2) is 4.52 Å². The largest absolute Gasteiger partial charge is 0.747 e. The van der Waals surface area contributed by atoms with Gasteiger partial charge in [0, 0.05) is 4.57 Å². The first-order chi connectivity index (χ1) is 7.68. The van der Waals surface area contributed by atoms with Crippen molar-refractivity contribution in [2.24, 2.45) is 7.05 Å². The zero-order valence-electron chi connectivity index (χ0n) is 8.53. The fourth-order valence-electron chi connectivity index (χ4n) is 1.40. The van der Waals surface area contributed by atoms with Gasteiger partial charge in [-0.05, 0) is 12.1 Å². The van der Waals surface area contributed by atoms with E-state index < -0.39 is 8.25 Å². The summed E-state index contributed by atoms with van der Waals surface area (Å²) in [7, 11) is -0.715. The van der Waals surface area contributed by atoms with E-state index in [0.29, 0.717) is 5.75 Å². The monoisotopic (exact) mass is 255 g/mol. The molecule has 0 amide bonds. The number of nitrogens with zero attached hydrogens (tertiary/aromatic N) is 1. The molecule has 0 saturated carbocycles. The first kappa shape index (κ1) is 11.2. The van der Waals surface area contributed by atoms with Crippen LogP contribution in [0.15, 0.2) is 35.8 Å². The van der Waals surface area contributed by atoms with E-state index in [2.05, 4.69) is 0 Å². The van der Waals surface area contributed by atoms with Crippen LogP contribution in [0.2, 0.25) is 0 Å². The summed E-state index contributed by atoms with van der Waals surface area (Å²) in [5.41, 5.74) is 0.817. The highest BCUT2D eigenvalue weighted by molar-refractivity contribution is 7.32. The first-order valence-electron chi connectivity index (χ1n) is 4.55. The van der Waals surface area contributed by atoms with Crippen LogP contribution in [0.1, 0.15) is 0 Å². The average Bonchev–Trinajstić information content (AvgIpc) is 2.64. The minimum absolute atomic E-state index is 0.421. The molecule has 0 aliphatic carbocycles. The molecule has 4 nitrogen and oxygen atoms in total. The summed E-state index contributed by atoms with van der Waals surface area (Å²) in [5.74, 6) is 0.421. The van der Waals surface area contributed by atoms with Gasteiger partial charge in [-0.2, -0.15) is 4.57 Å². The fourth-order valence-corrected chi connectivity index (χ4v) is 2.62. The number of thiazole rings is 1. The predicted molar refractivity (Wildman–Crippen MR) is 61.4 cm³/mol. The van der Waals surface area contributed by atoms with E-state index in [9.17, 15) is 4.57 Å². The van der Waals surface area contributed by atoms with Crippen molar-refractivity contribution in [2.45, 2.75) is 0 Å². The highest BCUT2D eigenvalue weighted by Gasteiger charge is 2.22. The van der Waals surface area contributed by atoms with Crippen molar-refractivity contribution in [2.75, 3.05) is 0 Å². The maximum atomic E-state index is 10.7. The molecule has 0 fully saturated rings. The van der Waals surface area contributed by atoms with Crippen molar-refractivity contribution in [3.63, 3.8) is 0 Å². The zero-order chi connectivity index (χ0) is 11.5. The van der Waals surface area contributed by atoms with E-state index in [1.54, 1.807) is 23.5 Å². The van der Waals surface area contributed by atoms with Crippen molar-refractivity contribution in [3.05, 3.63) is 35.8 Å². The van der Waals surface area contributed by atoms with Crippen molar-refractivity contribution in [1.82, 2.24) is 0 Å². The second kappa shape index (κ2) is 4.70. The Hall–Kier alpha value is -1.29. The Kier molecular flexibility index (Phi) is 3.29. The van der Waals surface area contributed by atoms with Crippen LogP contribution < -0.4 is 9.09 Å². The molecule has 82 valence electrons. The molecule has 1 aromatic carbocycles. The fraction of sp³-hybridized carbons (Fsp3) is 0.100. The third-order valence-electron chi connectivity index (χ3n) is 2.08. The van der Waals surface area contributed by atoms with Gasteiger partial charge < -0.3 is 0 Å². The number of rotatable bonds is 3. The van der Waals surface area contributed by atoms with E-state index in [0.717, 1.165) is 10.6 Å². The average molecular weight is 255 g/mol. The molecule has 1 atom stereocenters. The van der Waals surface area contributed by atoms with Crippen molar-refractivity contribution in [3.8, 4) is 16.3 Å². The van der Waals surface area contributed by atoms with Crippen molar-refractivity contribution >= 4 is 19.6 Å². The van der Waals surface area contributed by atoms with Crippen LogP contribution in [0.3, 0.4) is 0 Å². The van der Waals surface area contributed by atoms with Crippen LogP contribution >= 0.6 is 19.6 Å². The normalized spacial score (nSPS) is 11.2. The van der Waals surface area contributed by atoms with Gasteiger partial charge in [-0.15, -0.1) is 4.89 Å². The zero-order valence-corrected chi connectivity index (χ0v) is 10.2. The molecule has 1 N–H and O–H groups in total. The van der Waals surface area contributed by atoms with E-state index in [1.165, 1.54) is 0 Å². The number of aryl methyl sites for hydroxylation is 1. The maximum Gasteiger partial charge on any atom is 0.747 e. The molecule has 0 saturated heterocycles. The molecule has 6 heteroatoms. The van der Waals surface area contributed by atoms with E-state index in [-0.39, 0.29) is 0 Å². The SMILES string of the molecule is C[n+]1ccsc1-c1ccccc1O[P+](=O)O. The molecule has 2 rings (SSSR count). The lowest BCUT2D eigenvalue weighted by atomic mass is 10.2. The Balaban J connectivity index is 2.48. The molecule has 2 aromatic rings. The highest BCUT2D eigenvalue weighted by Crippen LogP contribution is 2.34. The number of para-hydroxylation sites is 1. The van der Waals surface area contributed by atoms with Gasteiger partial charge in [0.15, 0.2) is 6.20 Å². The number of hydrogen-bond donors (Lipinski definition) is 1. The van der Waals surface area contributed by atoms with Crippen molar-refractivity contribution in [1.29, 1.82) is 0 Å². The summed E-state index contributed by atoms with van der Waals surface area (Å²) in [6.07, 6.45) is 1.93. The summed E-state index contributed by atoms with van der Waals surface area (Å²) in [5, 5.41) is 2.93. The molecule has 1 aromatic heterocycles. The van der Waals surface area contributed by atoms with Gasteiger partial charge >= 0.3 is 8.25 Å². The number of aromatic nitrogens is 1. The molecular formula is C10H10NO3PS+2. The predicted octanol–water partition coefficient (Wildman–Crippen LogP) is 2.27. The summed E-state index contributed by atoms with van der Waals surface area (Å²) >= 11 is 1.55. The highest BCUT2D eigenvalue weighted by atomic mass is 32.1. The Morgan fingerprint density at radius 3 is 2.81 bits per heavy atom. The maximum absolute atomic E-state index is 10.7. The lowest BCUT2D eigenvalue weighted by Crippen LogP contribution is -2.26. The molecule has 16 heavy (non-hydrogen) atoms. The lowest BCUT2D eigenvalue weighted by Gasteiger charge is -1.97. The minimum Gasteiger partial charge on any atom is -0.228 e. The van der Waals surface area contributed by atoms with Gasteiger partial charge in [0.2, 0.25) is 5.75 Å². The van der Waals surface area contributed by atoms with Crippen LogP contribution in [-0.2, 0) is 11.6 Å². The third kappa shape index (κ3) is 2.27. The number of hydrogen-bond acceptors (Lipinski definition) is 3. The quantitative estimate of drug-likeness (QED) is 0.676.